The molecule has 0 bridgehead atoms. The quantitative estimate of drug-likeness (QED) is 0.154. The summed E-state index contributed by atoms with van der Waals surface area (Å²) in [5, 5.41) is 29.5. The zero-order valence-corrected chi connectivity index (χ0v) is 20.2. The van der Waals surface area contributed by atoms with Crippen LogP contribution in [0.25, 0.3) is 33.5 Å². The predicted octanol–water partition coefficient (Wildman–Crippen LogP) is 2.88. The van der Waals surface area contributed by atoms with E-state index in [2.05, 4.69) is 9.97 Å². The molecule has 186 valence electrons. The molecular weight excluding hydrogens is 484 g/mol. The normalized spacial score (nSPS) is 11.2. The van der Waals surface area contributed by atoms with Gasteiger partial charge >= 0.3 is 0 Å². The van der Waals surface area contributed by atoms with Crippen LogP contribution in [0.1, 0.15) is 35.3 Å². The molecule has 0 unspecified atom stereocenters. The Hall–Kier alpha value is -4.57. The SMILES string of the molecule is CC(C)(C(N)=O)c1cc(-c2nc3ccc(C(=N)N)cc3[nH]2)c(O)c(-c2cc(C(N)=O)ccc2O)c1.Cl. The fourth-order valence-electron chi connectivity index (χ4n) is 3.73. The highest BCUT2D eigenvalue weighted by Gasteiger charge is 2.30. The summed E-state index contributed by atoms with van der Waals surface area (Å²) >= 11 is 0. The van der Waals surface area contributed by atoms with Crippen molar-refractivity contribution >= 4 is 41.1 Å². The molecule has 4 aromatic rings. The van der Waals surface area contributed by atoms with Gasteiger partial charge in [-0.05, 0) is 67.9 Å². The molecule has 0 aliphatic heterocycles. The Morgan fingerprint density at radius 1 is 0.917 bits per heavy atom. The molecule has 1 heterocycles. The molecule has 0 radical (unpaired) electrons. The Kier molecular flexibility index (Phi) is 6.68. The lowest BCUT2D eigenvalue weighted by molar-refractivity contribution is -0.122. The molecule has 0 saturated heterocycles. The number of fused-ring (bicyclic) bond motifs is 1. The molecule has 0 spiro atoms. The van der Waals surface area contributed by atoms with E-state index in [9.17, 15) is 19.8 Å². The van der Waals surface area contributed by atoms with Crippen LogP contribution in [0.2, 0.25) is 0 Å². The summed E-state index contributed by atoms with van der Waals surface area (Å²) < 4.78 is 0. The number of phenols is 2. The maximum atomic E-state index is 12.2. The Morgan fingerprint density at radius 2 is 1.56 bits per heavy atom. The third-order valence-corrected chi connectivity index (χ3v) is 6.07. The Balaban J connectivity index is 0.00000361. The molecule has 10 nitrogen and oxygen atoms in total. The number of hydrogen-bond acceptors (Lipinski definition) is 6. The number of H-pyrrole nitrogens is 1. The molecule has 11 heteroatoms. The van der Waals surface area contributed by atoms with Crippen molar-refractivity contribution in [2.75, 3.05) is 0 Å². The van der Waals surface area contributed by atoms with Gasteiger partial charge in [0.25, 0.3) is 0 Å². The van der Waals surface area contributed by atoms with E-state index in [1.165, 1.54) is 24.3 Å². The minimum atomic E-state index is -1.15. The van der Waals surface area contributed by atoms with Crippen LogP contribution in [0, 0.1) is 5.41 Å². The topological polar surface area (TPSA) is 205 Å². The van der Waals surface area contributed by atoms with E-state index < -0.39 is 17.2 Å². The number of nitrogen functional groups attached to an aromatic ring is 1. The van der Waals surface area contributed by atoms with E-state index in [0.29, 0.717) is 22.2 Å². The summed E-state index contributed by atoms with van der Waals surface area (Å²) in [5.74, 6) is -1.61. The smallest absolute Gasteiger partial charge is 0.248 e. The first-order valence-corrected chi connectivity index (χ1v) is 10.5. The minimum absolute atomic E-state index is 0. The molecule has 2 amide bonds. The first kappa shape index (κ1) is 26.0. The molecule has 0 aliphatic carbocycles. The second-order valence-corrected chi connectivity index (χ2v) is 8.74. The number of carbonyl (C=O) groups excluding carboxylic acids is 2. The number of imidazole rings is 1. The van der Waals surface area contributed by atoms with Crippen LogP contribution in [-0.4, -0.2) is 37.8 Å². The summed E-state index contributed by atoms with van der Waals surface area (Å²) in [6.07, 6.45) is 0. The third kappa shape index (κ3) is 4.41. The van der Waals surface area contributed by atoms with Gasteiger partial charge in [0.2, 0.25) is 11.8 Å². The van der Waals surface area contributed by atoms with Crippen molar-refractivity contribution in [1.29, 1.82) is 5.41 Å². The van der Waals surface area contributed by atoms with Crippen LogP contribution >= 0.6 is 12.4 Å². The summed E-state index contributed by atoms with van der Waals surface area (Å²) in [6.45, 7) is 3.26. The van der Waals surface area contributed by atoms with Crippen molar-refractivity contribution in [3.8, 4) is 34.0 Å². The average Bonchev–Trinajstić information content (AvgIpc) is 3.22. The highest BCUT2D eigenvalue weighted by atomic mass is 35.5. The molecule has 10 N–H and O–H groups in total. The number of hydrogen-bond donors (Lipinski definition) is 7. The number of carbonyl (C=O) groups is 2. The molecule has 0 saturated carbocycles. The average molecular weight is 509 g/mol. The number of aromatic hydroxyl groups is 2. The molecule has 0 fully saturated rings. The van der Waals surface area contributed by atoms with Crippen LogP contribution in [0.15, 0.2) is 48.5 Å². The van der Waals surface area contributed by atoms with Gasteiger partial charge in [0, 0.05) is 22.3 Å². The summed E-state index contributed by atoms with van der Waals surface area (Å²) in [6, 6.07) is 12.1. The summed E-state index contributed by atoms with van der Waals surface area (Å²) in [7, 11) is 0. The van der Waals surface area contributed by atoms with Gasteiger partial charge in [-0.1, -0.05) is 0 Å². The van der Waals surface area contributed by atoms with Gasteiger partial charge in [-0.3, -0.25) is 15.0 Å². The molecular formula is C25H25ClN6O4. The van der Waals surface area contributed by atoms with Crippen molar-refractivity contribution in [3.05, 3.63) is 65.2 Å². The van der Waals surface area contributed by atoms with Gasteiger partial charge in [0.15, 0.2) is 0 Å². The number of nitrogens with two attached hydrogens (primary N) is 3. The highest BCUT2D eigenvalue weighted by molar-refractivity contribution is 5.99. The predicted molar refractivity (Wildman–Crippen MR) is 139 cm³/mol. The van der Waals surface area contributed by atoms with Crippen molar-refractivity contribution in [1.82, 2.24) is 9.97 Å². The van der Waals surface area contributed by atoms with Crippen molar-refractivity contribution in [2.45, 2.75) is 19.3 Å². The molecule has 36 heavy (non-hydrogen) atoms. The number of amides is 2. The van der Waals surface area contributed by atoms with E-state index in [1.54, 1.807) is 38.1 Å². The fourth-order valence-corrected chi connectivity index (χ4v) is 3.73. The largest absolute Gasteiger partial charge is 0.507 e. The Morgan fingerprint density at radius 3 is 2.17 bits per heavy atom. The lowest BCUT2D eigenvalue weighted by Gasteiger charge is -2.24. The number of nitrogens with zero attached hydrogens (tertiary/aromatic N) is 1. The summed E-state index contributed by atoms with van der Waals surface area (Å²) in [4.78, 5) is 31.6. The van der Waals surface area contributed by atoms with E-state index in [4.69, 9.17) is 22.6 Å². The number of nitrogens with one attached hydrogen (secondary N) is 2. The second-order valence-electron chi connectivity index (χ2n) is 8.74. The van der Waals surface area contributed by atoms with E-state index in [0.717, 1.165) is 0 Å². The van der Waals surface area contributed by atoms with Crippen LogP contribution in [-0.2, 0) is 10.2 Å². The van der Waals surface area contributed by atoms with E-state index in [-0.39, 0.29) is 57.8 Å². The van der Waals surface area contributed by atoms with Gasteiger partial charge in [-0.15, -0.1) is 12.4 Å². The van der Waals surface area contributed by atoms with Crippen LogP contribution in [0.4, 0.5) is 0 Å². The van der Waals surface area contributed by atoms with Gasteiger partial charge in [-0.25, -0.2) is 4.98 Å². The zero-order valence-electron chi connectivity index (χ0n) is 19.4. The Bertz CT molecular complexity index is 1540. The standard InChI is InChI=1S/C25H24N6O4.ClH/c1-25(2,24(29)35)13-9-15(14-7-12(22(28)34)4-6-19(14)32)20(33)16(10-13)23-30-17-5-3-11(21(26)27)8-18(17)31-23;/h3-10,32-33H,1-2H3,(H3,26,27)(H2,28,34)(H2,29,35)(H,30,31);1H. The number of aromatic amines is 1. The number of benzene rings is 3. The highest BCUT2D eigenvalue weighted by Crippen LogP contribution is 2.44. The molecule has 3 aromatic carbocycles. The van der Waals surface area contributed by atoms with Crippen LogP contribution < -0.4 is 17.2 Å². The first-order valence-electron chi connectivity index (χ1n) is 10.5. The monoisotopic (exact) mass is 508 g/mol. The maximum absolute atomic E-state index is 12.2. The van der Waals surface area contributed by atoms with Gasteiger partial charge < -0.3 is 32.4 Å². The number of halogens is 1. The maximum Gasteiger partial charge on any atom is 0.248 e. The van der Waals surface area contributed by atoms with Crippen molar-refractivity contribution in [3.63, 3.8) is 0 Å². The van der Waals surface area contributed by atoms with E-state index in [1.807, 2.05) is 0 Å². The number of amidine groups is 1. The number of rotatable bonds is 6. The van der Waals surface area contributed by atoms with Crippen molar-refractivity contribution < 1.29 is 19.8 Å². The van der Waals surface area contributed by atoms with Gasteiger partial charge in [0.05, 0.1) is 22.0 Å². The zero-order chi connectivity index (χ0) is 25.7. The fraction of sp³-hybridized carbons (Fsp3) is 0.120. The number of phenolic OH excluding ortho intramolecular Hbond substituents is 2. The minimum Gasteiger partial charge on any atom is -0.507 e. The van der Waals surface area contributed by atoms with Gasteiger partial charge in [-0.2, -0.15) is 0 Å². The molecule has 0 aliphatic rings. The van der Waals surface area contributed by atoms with Gasteiger partial charge in [0.1, 0.15) is 23.2 Å². The van der Waals surface area contributed by atoms with Crippen LogP contribution in [0.5, 0.6) is 11.5 Å². The van der Waals surface area contributed by atoms with Crippen molar-refractivity contribution in [2.24, 2.45) is 17.2 Å². The first-order chi connectivity index (χ1) is 16.4. The molecule has 1 aromatic heterocycles. The lowest BCUT2D eigenvalue weighted by atomic mass is 9.81. The summed E-state index contributed by atoms with van der Waals surface area (Å²) in [5.41, 5.74) is 18.2. The molecule has 4 rings (SSSR count). The van der Waals surface area contributed by atoms with Crippen LogP contribution in [0.3, 0.4) is 0 Å². The lowest BCUT2D eigenvalue weighted by Crippen LogP contribution is -2.35. The van der Waals surface area contributed by atoms with E-state index >= 15 is 0 Å². The molecule has 0 atom stereocenters. The number of primary amides is 2. The third-order valence-electron chi connectivity index (χ3n) is 6.07. The Labute approximate surface area is 212 Å². The second kappa shape index (κ2) is 9.23. The number of aromatic nitrogens is 2.